The van der Waals surface area contributed by atoms with Crippen molar-refractivity contribution in [3.8, 4) is 22.4 Å². The number of hydrogen-bond donors (Lipinski definition) is 0. The van der Waals surface area contributed by atoms with Gasteiger partial charge >= 0.3 is 0 Å². The van der Waals surface area contributed by atoms with Gasteiger partial charge in [0.05, 0.1) is 12.3 Å². The molecular formula is C19H14N2. The van der Waals surface area contributed by atoms with Crippen molar-refractivity contribution < 1.29 is 0 Å². The van der Waals surface area contributed by atoms with E-state index in [1.165, 1.54) is 5.56 Å². The van der Waals surface area contributed by atoms with Gasteiger partial charge in [-0.2, -0.15) is 0 Å². The minimum atomic E-state index is 0.560. The van der Waals surface area contributed by atoms with Crippen LogP contribution in [0.2, 0.25) is 0 Å². The van der Waals surface area contributed by atoms with Gasteiger partial charge in [0, 0.05) is 11.8 Å². The maximum absolute atomic E-state index is 7.19. The summed E-state index contributed by atoms with van der Waals surface area (Å²) in [7, 11) is 0. The minimum Gasteiger partial charge on any atom is -0.267 e. The van der Waals surface area contributed by atoms with Gasteiger partial charge in [-0.15, -0.1) is 0 Å². The average Bonchev–Trinajstić information content (AvgIpc) is 2.56. The van der Waals surface area contributed by atoms with Crippen LogP contribution in [-0.2, 0) is 0 Å². The van der Waals surface area contributed by atoms with Crippen molar-refractivity contribution in [2.24, 2.45) is 0 Å². The molecule has 0 N–H and O–H groups in total. The molecule has 3 aromatic rings. The molecule has 2 heteroatoms. The third-order valence-electron chi connectivity index (χ3n) is 3.41. The van der Waals surface area contributed by atoms with Crippen molar-refractivity contribution in [2.45, 2.75) is 6.92 Å². The predicted molar refractivity (Wildman–Crippen MR) is 86.1 cm³/mol. The number of benzene rings is 2. The maximum Gasteiger partial charge on any atom is 0.205 e. The van der Waals surface area contributed by atoms with Crippen molar-refractivity contribution >= 4 is 5.69 Å². The fourth-order valence-electron chi connectivity index (χ4n) is 2.29. The van der Waals surface area contributed by atoms with Crippen LogP contribution in [0.1, 0.15) is 5.56 Å². The summed E-state index contributed by atoms with van der Waals surface area (Å²) in [6.07, 6.45) is 1.63. The Labute approximate surface area is 124 Å². The molecule has 0 aliphatic carbocycles. The van der Waals surface area contributed by atoms with E-state index in [9.17, 15) is 0 Å². The topological polar surface area (TPSA) is 17.2 Å². The standard InChI is InChI=1S/C19H14N2/c1-14-8-10-16(11-9-14)19-18(12-17(20-2)13-21-19)15-6-4-3-5-7-15/h3-13H,1H3. The Morgan fingerprint density at radius 2 is 1.62 bits per heavy atom. The lowest BCUT2D eigenvalue weighted by molar-refractivity contribution is 1.33. The van der Waals surface area contributed by atoms with E-state index in [1.807, 2.05) is 36.4 Å². The van der Waals surface area contributed by atoms with Gasteiger partial charge in [-0.25, -0.2) is 4.85 Å². The van der Waals surface area contributed by atoms with Crippen LogP contribution in [0.3, 0.4) is 0 Å². The molecule has 0 radical (unpaired) electrons. The molecule has 1 aromatic heterocycles. The molecule has 0 atom stereocenters. The lowest BCUT2D eigenvalue weighted by atomic mass is 9.98. The van der Waals surface area contributed by atoms with Gasteiger partial charge in [-0.3, -0.25) is 4.98 Å². The molecule has 2 nitrogen and oxygen atoms in total. The number of hydrogen-bond acceptors (Lipinski definition) is 1. The molecule has 0 aliphatic rings. The first kappa shape index (κ1) is 13.1. The normalized spacial score (nSPS) is 10.1. The number of aromatic nitrogens is 1. The zero-order valence-corrected chi connectivity index (χ0v) is 11.7. The Morgan fingerprint density at radius 3 is 2.29 bits per heavy atom. The molecule has 21 heavy (non-hydrogen) atoms. The van der Waals surface area contributed by atoms with Gasteiger partial charge in [0.25, 0.3) is 0 Å². The lowest BCUT2D eigenvalue weighted by Gasteiger charge is -2.10. The van der Waals surface area contributed by atoms with Crippen LogP contribution >= 0.6 is 0 Å². The van der Waals surface area contributed by atoms with Crippen molar-refractivity contribution in [2.75, 3.05) is 0 Å². The smallest absolute Gasteiger partial charge is 0.205 e. The minimum absolute atomic E-state index is 0.560. The van der Waals surface area contributed by atoms with Crippen LogP contribution in [0.25, 0.3) is 27.2 Å². The first-order valence-electron chi connectivity index (χ1n) is 6.78. The molecule has 2 aromatic carbocycles. The monoisotopic (exact) mass is 270 g/mol. The predicted octanol–water partition coefficient (Wildman–Crippen LogP) is 5.27. The quantitative estimate of drug-likeness (QED) is 0.579. The Morgan fingerprint density at radius 1 is 0.905 bits per heavy atom. The van der Waals surface area contributed by atoms with Gasteiger partial charge in [-0.05, 0) is 24.1 Å². The molecule has 0 amide bonds. The Balaban J connectivity index is 2.21. The molecule has 100 valence electrons. The molecule has 0 aliphatic heterocycles. The molecule has 0 fully saturated rings. The van der Waals surface area contributed by atoms with E-state index in [0.717, 1.165) is 22.4 Å². The first-order valence-corrected chi connectivity index (χ1v) is 6.78. The lowest BCUT2D eigenvalue weighted by Crippen LogP contribution is -1.89. The van der Waals surface area contributed by atoms with Crippen LogP contribution in [0.15, 0.2) is 66.9 Å². The van der Waals surface area contributed by atoms with Crippen molar-refractivity contribution in [1.29, 1.82) is 0 Å². The third-order valence-corrected chi connectivity index (χ3v) is 3.41. The summed E-state index contributed by atoms with van der Waals surface area (Å²) in [6, 6.07) is 20.3. The average molecular weight is 270 g/mol. The molecule has 1 heterocycles. The Hall–Kier alpha value is -2.92. The number of aryl methyl sites for hydroxylation is 1. The zero-order valence-electron chi connectivity index (χ0n) is 11.7. The van der Waals surface area contributed by atoms with Crippen LogP contribution in [0.5, 0.6) is 0 Å². The van der Waals surface area contributed by atoms with E-state index < -0.39 is 0 Å². The summed E-state index contributed by atoms with van der Waals surface area (Å²) in [5.74, 6) is 0. The largest absolute Gasteiger partial charge is 0.267 e. The molecule has 0 saturated heterocycles. The summed E-state index contributed by atoms with van der Waals surface area (Å²) in [5, 5.41) is 0. The number of nitrogens with zero attached hydrogens (tertiary/aromatic N) is 2. The van der Waals surface area contributed by atoms with E-state index in [-0.39, 0.29) is 0 Å². The fraction of sp³-hybridized carbons (Fsp3) is 0.0526. The summed E-state index contributed by atoms with van der Waals surface area (Å²) in [6.45, 7) is 9.26. The molecule has 0 unspecified atom stereocenters. The van der Waals surface area contributed by atoms with Gasteiger partial charge in [0.2, 0.25) is 5.69 Å². The summed E-state index contributed by atoms with van der Waals surface area (Å²) in [4.78, 5) is 8.01. The maximum atomic E-state index is 7.19. The van der Waals surface area contributed by atoms with Crippen molar-refractivity contribution in [3.05, 3.63) is 83.8 Å². The van der Waals surface area contributed by atoms with E-state index in [0.29, 0.717) is 5.69 Å². The second-order valence-corrected chi connectivity index (χ2v) is 4.93. The van der Waals surface area contributed by atoms with Gasteiger partial charge in [0.1, 0.15) is 0 Å². The number of rotatable bonds is 2. The Bertz CT molecular complexity index is 797. The SMILES string of the molecule is [C-]#[N+]c1cnc(-c2ccc(C)cc2)c(-c2ccccc2)c1. The summed E-state index contributed by atoms with van der Waals surface area (Å²) in [5.41, 5.74) is 5.83. The van der Waals surface area contributed by atoms with E-state index in [2.05, 4.69) is 41.0 Å². The van der Waals surface area contributed by atoms with E-state index >= 15 is 0 Å². The van der Waals surface area contributed by atoms with Gasteiger partial charge < -0.3 is 0 Å². The van der Waals surface area contributed by atoms with Crippen molar-refractivity contribution in [3.63, 3.8) is 0 Å². The molecule has 0 spiro atoms. The Kier molecular flexibility index (Phi) is 3.49. The van der Waals surface area contributed by atoms with Crippen LogP contribution < -0.4 is 0 Å². The number of pyridine rings is 1. The second kappa shape index (κ2) is 5.60. The van der Waals surface area contributed by atoms with Gasteiger partial charge in [-0.1, -0.05) is 60.2 Å². The highest BCUT2D eigenvalue weighted by molar-refractivity contribution is 5.82. The van der Waals surface area contributed by atoms with Crippen molar-refractivity contribution in [1.82, 2.24) is 4.98 Å². The van der Waals surface area contributed by atoms with Crippen LogP contribution in [0.4, 0.5) is 5.69 Å². The van der Waals surface area contributed by atoms with E-state index in [4.69, 9.17) is 6.57 Å². The highest BCUT2D eigenvalue weighted by Crippen LogP contribution is 2.33. The highest BCUT2D eigenvalue weighted by Gasteiger charge is 2.10. The molecule has 0 saturated carbocycles. The fourth-order valence-corrected chi connectivity index (χ4v) is 2.29. The van der Waals surface area contributed by atoms with Gasteiger partial charge in [0.15, 0.2) is 0 Å². The van der Waals surface area contributed by atoms with Crippen LogP contribution in [0, 0.1) is 13.5 Å². The second-order valence-electron chi connectivity index (χ2n) is 4.93. The summed E-state index contributed by atoms with van der Waals surface area (Å²) < 4.78 is 0. The molecule has 3 rings (SSSR count). The molecule has 0 bridgehead atoms. The summed E-state index contributed by atoms with van der Waals surface area (Å²) >= 11 is 0. The van der Waals surface area contributed by atoms with E-state index in [1.54, 1.807) is 6.20 Å². The first-order chi connectivity index (χ1) is 10.3. The third kappa shape index (κ3) is 2.68. The zero-order chi connectivity index (χ0) is 14.7. The molecular weight excluding hydrogens is 256 g/mol. The van der Waals surface area contributed by atoms with Crippen LogP contribution in [-0.4, -0.2) is 4.98 Å². The highest BCUT2D eigenvalue weighted by atomic mass is 14.7.